The van der Waals surface area contributed by atoms with E-state index in [2.05, 4.69) is 31.5 Å². The van der Waals surface area contributed by atoms with Crippen LogP contribution in [0.2, 0.25) is 0 Å². The van der Waals surface area contributed by atoms with Gasteiger partial charge in [0.1, 0.15) is 18.0 Å². The smallest absolute Gasteiger partial charge is 0.340 e. The number of ether oxygens (including phenoxy) is 1. The molecular weight excluding hydrogens is 359 g/mol. The summed E-state index contributed by atoms with van der Waals surface area (Å²) in [5, 5.41) is 0. The first-order valence-corrected chi connectivity index (χ1v) is 8.49. The highest BCUT2D eigenvalue weighted by molar-refractivity contribution is 5.91. The highest BCUT2D eigenvalue weighted by atomic mass is 19.1. The van der Waals surface area contributed by atoms with Crippen molar-refractivity contribution in [3.8, 4) is 23.1 Å². The molecule has 28 heavy (non-hydrogen) atoms. The van der Waals surface area contributed by atoms with Gasteiger partial charge in [0.15, 0.2) is 0 Å². The van der Waals surface area contributed by atoms with Gasteiger partial charge in [0.05, 0.1) is 29.6 Å². The Kier molecular flexibility index (Phi) is 5.61. The number of carbonyl (C=O) groups excluding carboxylic acids is 1. The minimum absolute atomic E-state index is 0.168. The molecule has 0 spiro atoms. The van der Waals surface area contributed by atoms with Crippen LogP contribution in [0.4, 0.5) is 10.2 Å². The van der Waals surface area contributed by atoms with E-state index in [9.17, 15) is 9.18 Å². The Bertz CT molecular complexity index is 1090. The van der Waals surface area contributed by atoms with Crippen LogP contribution in [0.15, 0.2) is 42.9 Å². The van der Waals surface area contributed by atoms with Crippen molar-refractivity contribution in [2.24, 2.45) is 0 Å². The molecule has 0 bridgehead atoms. The predicted molar refractivity (Wildman–Crippen MR) is 103 cm³/mol. The minimum Gasteiger partial charge on any atom is -0.465 e. The predicted octanol–water partition coefficient (Wildman–Crippen LogP) is 3.01. The number of halogens is 1. The van der Waals surface area contributed by atoms with Crippen molar-refractivity contribution in [3.05, 3.63) is 71.1 Å². The molecule has 6 nitrogen and oxygen atoms in total. The van der Waals surface area contributed by atoms with E-state index >= 15 is 0 Å². The van der Waals surface area contributed by atoms with Gasteiger partial charge in [-0.2, -0.15) is 0 Å². The van der Waals surface area contributed by atoms with E-state index in [4.69, 9.17) is 5.73 Å². The molecule has 2 N–H and O–H groups in total. The molecule has 2 aromatic heterocycles. The van der Waals surface area contributed by atoms with E-state index in [0.717, 1.165) is 5.69 Å². The zero-order chi connectivity index (χ0) is 20.1. The van der Waals surface area contributed by atoms with Crippen LogP contribution >= 0.6 is 0 Å². The molecule has 0 aliphatic heterocycles. The zero-order valence-electron chi connectivity index (χ0n) is 15.4. The van der Waals surface area contributed by atoms with E-state index in [1.54, 1.807) is 24.4 Å². The second-order valence-electron chi connectivity index (χ2n) is 5.81. The fourth-order valence-corrected chi connectivity index (χ4v) is 2.59. The third-order valence-electron chi connectivity index (χ3n) is 4.02. The molecule has 0 aliphatic carbocycles. The van der Waals surface area contributed by atoms with Crippen LogP contribution in [0.3, 0.4) is 0 Å². The molecule has 0 fully saturated rings. The van der Waals surface area contributed by atoms with Crippen molar-refractivity contribution in [1.82, 2.24) is 15.0 Å². The molecule has 0 aliphatic rings. The van der Waals surface area contributed by atoms with Crippen LogP contribution in [0, 0.1) is 17.7 Å². The number of hydrogen-bond donors (Lipinski definition) is 1. The second kappa shape index (κ2) is 8.27. The number of benzene rings is 1. The summed E-state index contributed by atoms with van der Waals surface area (Å²) in [6, 6.07) is 7.57. The Hall–Kier alpha value is -3.79. The lowest BCUT2D eigenvalue weighted by Gasteiger charge is -2.09. The van der Waals surface area contributed by atoms with E-state index in [-0.39, 0.29) is 5.56 Å². The average Bonchev–Trinajstić information content (AvgIpc) is 2.73. The van der Waals surface area contributed by atoms with Crippen molar-refractivity contribution in [3.63, 3.8) is 0 Å². The van der Waals surface area contributed by atoms with Gasteiger partial charge in [0, 0.05) is 17.3 Å². The summed E-state index contributed by atoms with van der Waals surface area (Å²) in [4.78, 5) is 24.4. The van der Waals surface area contributed by atoms with Gasteiger partial charge in [0.25, 0.3) is 0 Å². The molecule has 0 atom stereocenters. The number of aryl methyl sites for hydroxylation is 1. The van der Waals surface area contributed by atoms with Crippen LogP contribution in [0.1, 0.15) is 34.1 Å². The number of nitrogen functional groups attached to an aromatic ring is 1. The third kappa shape index (κ3) is 3.96. The van der Waals surface area contributed by atoms with E-state index in [1.165, 1.54) is 25.6 Å². The SMILES string of the molecule is CCc1ncnc(-c2ccc(F)c(C(=O)OC)c2)c1C#Cc1ccc(N)nc1. The number of pyridine rings is 1. The summed E-state index contributed by atoms with van der Waals surface area (Å²) in [6.07, 6.45) is 3.63. The molecular formula is C21H17FN4O2. The number of nitrogens with two attached hydrogens (primary N) is 1. The van der Waals surface area contributed by atoms with Gasteiger partial charge in [-0.25, -0.2) is 24.1 Å². The second-order valence-corrected chi connectivity index (χ2v) is 5.81. The van der Waals surface area contributed by atoms with Crippen molar-refractivity contribution in [2.75, 3.05) is 12.8 Å². The number of methoxy groups -OCH3 is 1. The van der Waals surface area contributed by atoms with E-state index < -0.39 is 11.8 Å². The van der Waals surface area contributed by atoms with Gasteiger partial charge in [-0.05, 0) is 36.8 Å². The van der Waals surface area contributed by atoms with Crippen LogP contribution in [0.5, 0.6) is 0 Å². The van der Waals surface area contributed by atoms with Crippen molar-refractivity contribution in [2.45, 2.75) is 13.3 Å². The topological polar surface area (TPSA) is 91.0 Å². The summed E-state index contributed by atoms with van der Waals surface area (Å²) in [5.41, 5.74) is 8.50. The third-order valence-corrected chi connectivity index (χ3v) is 4.02. The largest absolute Gasteiger partial charge is 0.465 e. The summed E-state index contributed by atoms with van der Waals surface area (Å²) in [7, 11) is 1.20. The lowest BCUT2D eigenvalue weighted by Crippen LogP contribution is -2.05. The van der Waals surface area contributed by atoms with Gasteiger partial charge in [-0.1, -0.05) is 18.8 Å². The number of aromatic nitrogens is 3. The van der Waals surface area contributed by atoms with Crippen LogP contribution < -0.4 is 5.73 Å². The maximum absolute atomic E-state index is 14.0. The van der Waals surface area contributed by atoms with Gasteiger partial charge in [-0.15, -0.1) is 0 Å². The Morgan fingerprint density at radius 2 is 2.00 bits per heavy atom. The van der Waals surface area contributed by atoms with Crippen LogP contribution in [-0.2, 0) is 11.2 Å². The molecule has 0 radical (unpaired) electrons. The number of rotatable bonds is 3. The Balaban J connectivity index is 2.13. The first-order valence-electron chi connectivity index (χ1n) is 8.49. The van der Waals surface area contributed by atoms with E-state index in [1.807, 2.05) is 6.92 Å². The van der Waals surface area contributed by atoms with Gasteiger partial charge < -0.3 is 10.5 Å². The highest BCUT2D eigenvalue weighted by Gasteiger charge is 2.16. The Morgan fingerprint density at radius 3 is 2.68 bits per heavy atom. The number of nitrogens with zero attached hydrogens (tertiary/aromatic N) is 3. The molecule has 3 rings (SSSR count). The average molecular weight is 376 g/mol. The fraction of sp³-hybridized carbons (Fsp3) is 0.143. The molecule has 1 aromatic carbocycles. The Morgan fingerprint density at radius 1 is 1.18 bits per heavy atom. The molecule has 0 unspecified atom stereocenters. The maximum atomic E-state index is 14.0. The molecule has 0 amide bonds. The molecule has 0 saturated carbocycles. The molecule has 2 heterocycles. The minimum atomic E-state index is -0.760. The van der Waals surface area contributed by atoms with Gasteiger partial charge >= 0.3 is 5.97 Å². The maximum Gasteiger partial charge on any atom is 0.340 e. The summed E-state index contributed by atoms with van der Waals surface area (Å²) < 4.78 is 18.6. The summed E-state index contributed by atoms with van der Waals surface area (Å²) in [6.45, 7) is 1.95. The highest BCUT2D eigenvalue weighted by Crippen LogP contribution is 2.25. The first-order chi connectivity index (χ1) is 13.5. The lowest BCUT2D eigenvalue weighted by molar-refractivity contribution is 0.0595. The quantitative estimate of drug-likeness (QED) is 0.558. The first kappa shape index (κ1) is 19.0. The number of esters is 1. The zero-order valence-corrected chi connectivity index (χ0v) is 15.4. The molecule has 140 valence electrons. The summed E-state index contributed by atoms with van der Waals surface area (Å²) >= 11 is 0. The normalized spacial score (nSPS) is 10.1. The molecule has 7 heteroatoms. The van der Waals surface area contributed by atoms with Gasteiger partial charge in [-0.3, -0.25) is 0 Å². The van der Waals surface area contributed by atoms with Gasteiger partial charge in [0.2, 0.25) is 0 Å². The summed E-state index contributed by atoms with van der Waals surface area (Å²) in [5.74, 6) is 5.08. The number of hydrogen-bond acceptors (Lipinski definition) is 6. The fourth-order valence-electron chi connectivity index (χ4n) is 2.59. The molecule has 0 saturated heterocycles. The van der Waals surface area contributed by atoms with Crippen molar-refractivity contribution < 1.29 is 13.9 Å². The monoisotopic (exact) mass is 376 g/mol. The van der Waals surface area contributed by atoms with Crippen LogP contribution in [-0.4, -0.2) is 28.0 Å². The van der Waals surface area contributed by atoms with Crippen LogP contribution in [0.25, 0.3) is 11.3 Å². The van der Waals surface area contributed by atoms with Crippen molar-refractivity contribution in [1.29, 1.82) is 0 Å². The van der Waals surface area contributed by atoms with E-state index in [0.29, 0.717) is 34.6 Å². The molecule has 3 aromatic rings. The standard InChI is InChI=1S/C21H17FN4O2/c1-3-18-15(7-4-13-5-9-19(23)24-11-13)20(26-12-25-18)14-6-8-17(22)16(10-14)21(27)28-2/h5-6,8-12H,3H2,1-2H3,(H2,23,24). The Labute approximate surface area is 161 Å². The number of anilines is 1. The number of carbonyl (C=O) groups is 1. The van der Waals surface area contributed by atoms with Crippen molar-refractivity contribution >= 4 is 11.8 Å². The lowest BCUT2D eigenvalue weighted by atomic mass is 10.0.